The van der Waals surface area contributed by atoms with Crippen LogP contribution < -0.4 is 10.6 Å². The minimum absolute atomic E-state index is 0.150. The van der Waals surface area contributed by atoms with Crippen LogP contribution in [0.3, 0.4) is 0 Å². The summed E-state index contributed by atoms with van der Waals surface area (Å²) < 4.78 is 0. The van der Waals surface area contributed by atoms with Gasteiger partial charge in [0.2, 0.25) is 11.8 Å². The smallest absolute Gasteiger partial charge is 0.326 e. The van der Waals surface area contributed by atoms with Gasteiger partial charge in [-0.25, -0.2) is 4.79 Å². The van der Waals surface area contributed by atoms with Gasteiger partial charge in [-0.15, -0.1) is 0 Å². The van der Waals surface area contributed by atoms with E-state index in [0.29, 0.717) is 0 Å². The Bertz CT molecular complexity index is 220. The fourth-order valence-electron chi connectivity index (χ4n) is 0.882. The zero-order chi connectivity index (χ0) is 9.14. The minimum atomic E-state index is -1.19. The van der Waals surface area contributed by atoms with Gasteiger partial charge in [0.05, 0.1) is 13.0 Å². The van der Waals surface area contributed by atoms with Gasteiger partial charge in [0.15, 0.2) is 0 Å². The van der Waals surface area contributed by atoms with E-state index in [4.69, 9.17) is 5.11 Å². The monoisotopic (exact) mass is 172 g/mol. The molecule has 1 unspecified atom stereocenters. The van der Waals surface area contributed by atoms with E-state index in [1.54, 1.807) is 0 Å². The fraction of sp³-hybridized carbons (Fsp3) is 0.500. The zero-order valence-electron chi connectivity index (χ0n) is 6.16. The maximum Gasteiger partial charge on any atom is 0.326 e. The maximum absolute atomic E-state index is 10.8. The zero-order valence-corrected chi connectivity index (χ0v) is 6.16. The Hall–Kier alpha value is -1.59. The van der Waals surface area contributed by atoms with E-state index in [0.717, 1.165) is 0 Å². The van der Waals surface area contributed by atoms with Crippen LogP contribution in [0.5, 0.6) is 0 Å². The van der Waals surface area contributed by atoms with Crippen molar-refractivity contribution >= 4 is 17.8 Å². The van der Waals surface area contributed by atoms with Crippen molar-refractivity contribution in [2.75, 3.05) is 6.54 Å². The van der Waals surface area contributed by atoms with Gasteiger partial charge in [-0.05, 0) is 0 Å². The molecular formula is C6H8N2O4. The average Bonchev–Trinajstić information content (AvgIpc) is 2.13. The van der Waals surface area contributed by atoms with Crippen LogP contribution in [0.2, 0.25) is 0 Å². The molecule has 2 amide bonds. The highest BCUT2D eigenvalue weighted by Gasteiger charge is 2.26. The third-order valence-electron chi connectivity index (χ3n) is 1.47. The molecule has 0 aromatic heterocycles. The van der Waals surface area contributed by atoms with Crippen molar-refractivity contribution < 1.29 is 19.5 Å². The van der Waals surface area contributed by atoms with Crippen LogP contribution in [0.25, 0.3) is 0 Å². The SMILES string of the molecule is O=C1CC(C(=O)O)NC(=O)CN1. The lowest BCUT2D eigenvalue weighted by Gasteiger charge is -2.07. The molecule has 3 N–H and O–H groups in total. The Balaban J connectivity index is 2.68. The number of amides is 2. The molecule has 1 rings (SSSR count). The van der Waals surface area contributed by atoms with E-state index in [2.05, 4.69) is 10.6 Å². The molecule has 12 heavy (non-hydrogen) atoms. The number of nitrogens with one attached hydrogen (secondary N) is 2. The van der Waals surface area contributed by atoms with Crippen molar-refractivity contribution in [2.45, 2.75) is 12.5 Å². The van der Waals surface area contributed by atoms with Crippen molar-refractivity contribution in [2.24, 2.45) is 0 Å². The van der Waals surface area contributed by atoms with Crippen molar-refractivity contribution in [1.82, 2.24) is 10.6 Å². The van der Waals surface area contributed by atoms with E-state index < -0.39 is 23.8 Å². The standard InChI is InChI=1S/C6H8N2O4/c9-4-1-3(6(11)12)8-5(10)2-7-4/h3H,1-2H2,(H,7,9)(H,8,10)(H,11,12). The van der Waals surface area contributed by atoms with Gasteiger partial charge >= 0.3 is 5.97 Å². The molecule has 1 atom stereocenters. The van der Waals surface area contributed by atoms with E-state index in [1.165, 1.54) is 0 Å². The van der Waals surface area contributed by atoms with Crippen molar-refractivity contribution in [3.05, 3.63) is 0 Å². The second-order valence-corrected chi connectivity index (χ2v) is 2.44. The summed E-state index contributed by atoms with van der Waals surface area (Å²) >= 11 is 0. The lowest BCUT2D eigenvalue weighted by molar-refractivity contribution is -0.142. The third-order valence-corrected chi connectivity index (χ3v) is 1.47. The number of carbonyl (C=O) groups is 3. The molecule has 0 aliphatic carbocycles. The summed E-state index contributed by atoms with van der Waals surface area (Å²) in [6.07, 6.45) is -0.207. The molecule has 0 saturated carbocycles. The van der Waals surface area contributed by atoms with Gasteiger partial charge in [-0.1, -0.05) is 0 Å². The predicted octanol–water partition coefficient (Wildman–Crippen LogP) is -1.92. The number of carboxylic acid groups (broad SMARTS) is 1. The number of carboxylic acids is 1. The highest BCUT2D eigenvalue weighted by Crippen LogP contribution is 1.95. The molecule has 6 heteroatoms. The van der Waals surface area contributed by atoms with Gasteiger partial charge in [0.1, 0.15) is 6.04 Å². The van der Waals surface area contributed by atoms with E-state index in [9.17, 15) is 14.4 Å². The summed E-state index contributed by atoms with van der Waals surface area (Å²) in [5.41, 5.74) is 0. The molecular weight excluding hydrogens is 164 g/mol. The summed E-state index contributed by atoms with van der Waals surface area (Å²) in [5.74, 6) is -2.10. The molecule has 1 fully saturated rings. The van der Waals surface area contributed by atoms with E-state index in [1.807, 2.05) is 0 Å². The molecule has 1 heterocycles. The first-order valence-electron chi connectivity index (χ1n) is 3.38. The lowest BCUT2D eigenvalue weighted by atomic mass is 10.2. The Kier molecular flexibility index (Phi) is 2.27. The summed E-state index contributed by atoms with van der Waals surface area (Å²) in [4.78, 5) is 31.9. The normalized spacial score (nSPS) is 23.8. The molecule has 0 aromatic rings. The van der Waals surface area contributed by atoms with E-state index in [-0.39, 0.29) is 13.0 Å². The molecule has 1 saturated heterocycles. The summed E-state index contributed by atoms with van der Waals surface area (Å²) in [6, 6.07) is -1.10. The first kappa shape index (κ1) is 8.51. The first-order valence-corrected chi connectivity index (χ1v) is 3.38. The van der Waals surface area contributed by atoms with Crippen LogP contribution in [-0.4, -0.2) is 35.5 Å². The summed E-state index contributed by atoms with van der Waals surface area (Å²) in [7, 11) is 0. The Morgan fingerprint density at radius 1 is 1.42 bits per heavy atom. The van der Waals surface area contributed by atoms with Gasteiger partial charge in [0.25, 0.3) is 0 Å². The lowest BCUT2D eigenvalue weighted by Crippen LogP contribution is -2.40. The number of hydrogen-bond donors (Lipinski definition) is 3. The van der Waals surface area contributed by atoms with Crippen LogP contribution >= 0.6 is 0 Å². The highest BCUT2D eigenvalue weighted by atomic mass is 16.4. The molecule has 0 aromatic carbocycles. The molecule has 0 radical (unpaired) electrons. The van der Waals surface area contributed by atoms with Crippen molar-refractivity contribution in [1.29, 1.82) is 0 Å². The summed E-state index contributed by atoms with van der Waals surface area (Å²) in [6.45, 7) is -0.150. The molecule has 0 spiro atoms. The maximum atomic E-state index is 10.8. The number of aliphatic carboxylic acids is 1. The van der Waals surface area contributed by atoms with Crippen molar-refractivity contribution in [3.63, 3.8) is 0 Å². The second kappa shape index (κ2) is 3.21. The van der Waals surface area contributed by atoms with Crippen LogP contribution in [-0.2, 0) is 14.4 Å². The quantitative estimate of drug-likeness (QED) is 0.429. The van der Waals surface area contributed by atoms with Crippen LogP contribution in [0.15, 0.2) is 0 Å². The Morgan fingerprint density at radius 3 is 2.67 bits per heavy atom. The van der Waals surface area contributed by atoms with Crippen LogP contribution in [0, 0.1) is 0 Å². The summed E-state index contributed by atoms with van der Waals surface area (Å²) in [5, 5.41) is 13.0. The van der Waals surface area contributed by atoms with Gasteiger partial charge in [0, 0.05) is 0 Å². The molecule has 1 aliphatic rings. The largest absolute Gasteiger partial charge is 0.480 e. The first-order chi connectivity index (χ1) is 5.59. The number of hydrogen-bond acceptors (Lipinski definition) is 3. The Morgan fingerprint density at radius 2 is 2.08 bits per heavy atom. The van der Waals surface area contributed by atoms with E-state index >= 15 is 0 Å². The van der Waals surface area contributed by atoms with Crippen molar-refractivity contribution in [3.8, 4) is 0 Å². The second-order valence-electron chi connectivity index (χ2n) is 2.44. The van der Waals surface area contributed by atoms with Crippen LogP contribution in [0.4, 0.5) is 0 Å². The van der Waals surface area contributed by atoms with Gasteiger partial charge in [-0.3, -0.25) is 9.59 Å². The van der Waals surface area contributed by atoms with Gasteiger partial charge < -0.3 is 15.7 Å². The minimum Gasteiger partial charge on any atom is -0.480 e. The molecule has 66 valence electrons. The number of rotatable bonds is 1. The molecule has 6 nitrogen and oxygen atoms in total. The predicted molar refractivity (Wildman–Crippen MR) is 37.2 cm³/mol. The fourth-order valence-corrected chi connectivity index (χ4v) is 0.882. The molecule has 1 aliphatic heterocycles. The van der Waals surface area contributed by atoms with Gasteiger partial charge in [-0.2, -0.15) is 0 Å². The number of carbonyl (C=O) groups excluding carboxylic acids is 2. The topological polar surface area (TPSA) is 95.5 Å². The Labute approximate surface area is 67.9 Å². The molecule has 0 bridgehead atoms. The third kappa shape index (κ3) is 1.94. The average molecular weight is 172 g/mol. The highest BCUT2D eigenvalue weighted by molar-refractivity contribution is 5.93. The van der Waals surface area contributed by atoms with Crippen LogP contribution in [0.1, 0.15) is 6.42 Å².